The van der Waals surface area contributed by atoms with Crippen molar-refractivity contribution in [3.63, 3.8) is 0 Å². The average molecular weight is 199 g/mol. The van der Waals surface area contributed by atoms with E-state index >= 15 is 0 Å². The van der Waals surface area contributed by atoms with E-state index in [-0.39, 0.29) is 12.5 Å². The fourth-order valence-electron chi connectivity index (χ4n) is 1.84. The van der Waals surface area contributed by atoms with E-state index in [1.165, 1.54) is 0 Å². The maximum absolute atomic E-state index is 11.3. The van der Waals surface area contributed by atoms with Crippen LogP contribution >= 0.6 is 0 Å². The molecule has 0 radical (unpaired) electrons. The maximum atomic E-state index is 11.3. The van der Waals surface area contributed by atoms with Gasteiger partial charge in [0.15, 0.2) is 0 Å². The second-order valence-corrected chi connectivity index (χ2v) is 3.84. The fraction of sp³-hybridized carbons (Fsp3) is 0.778. The van der Waals surface area contributed by atoms with Gasteiger partial charge in [-0.15, -0.1) is 0 Å². The molecule has 0 bridgehead atoms. The quantitative estimate of drug-likeness (QED) is 0.731. The predicted octanol–water partition coefficient (Wildman–Crippen LogP) is 0.834. The molecule has 5 heteroatoms. The van der Waals surface area contributed by atoms with Crippen molar-refractivity contribution in [2.24, 2.45) is 0 Å². The molecule has 2 aliphatic rings. The fourth-order valence-corrected chi connectivity index (χ4v) is 1.84. The minimum Gasteiger partial charge on any atom is -0.481 e. The Kier molecular flexibility index (Phi) is 2.31. The van der Waals surface area contributed by atoms with Crippen molar-refractivity contribution in [3.05, 3.63) is 0 Å². The van der Waals surface area contributed by atoms with Gasteiger partial charge in [-0.2, -0.15) is 0 Å². The highest BCUT2D eigenvalue weighted by Gasteiger charge is 2.38. The zero-order valence-electron chi connectivity index (χ0n) is 7.81. The summed E-state index contributed by atoms with van der Waals surface area (Å²) < 4.78 is 4.95. The second-order valence-electron chi connectivity index (χ2n) is 3.84. The number of nitrogens with zero attached hydrogens (tertiary/aromatic N) is 1. The Balaban J connectivity index is 1.89. The molecule has 0 aromatic carbocycles. The van der Waals surface area contributed by atoms with Crippen LogP contribution in [0.1, 0.15) is 25.7 Å². The number of carbonyl (C=O) groups is 2. The van der Waals surface area contributed by atoms with Gasteiger partial charge in [-0.25, -0.2) is 4.79 Å². The molecule has 1 aliphatic heterocycles. The summed E-state index contributed by atoms with van der Waals surface area (Å²) in [5.41, 5.74) is 0. The topological polar surface area (TPSA) is 66.8 Å². The summed E-state index contributed by atoms with van der Waals surface area (Å²) in [5.74, 6) is -0.918. The van der Waals surface area contributed by atoms with E-state index in [2.05, 4.69) is 0 Å². The number of aliphatic carboxylic acids is 1. The van der Waals surface area contributed by atoms with Crippen molar-refractivity contribution in [2.75, 3.05) is 6.54 Å². The Labute approximate surface area is 81.6 Å². The Morgan fingerprint density at radius 2 is 2.29 bits per heavy atom. The number of hydrogen-bond acceptors (Lipinski definition) is 3. The third-order valence-corrected chi connectivity index (χ3v) is 2.82. The van der Waals surface area contributed by atoms with Gasteiger partial charge in [0.2, 0.25) is 0 Å². The van der Waals surface area contributed by atoms with Gasteiger partial charge in [-0.1, -0.05) is 0 Å². The van der Waals surface area contributed by atoms with Crippen LogP contribution in [0.3, 0.4) is 0 Å². The minimum absolute atomic E-state index is 0.0883. The van der Waals surface area contributed by atoms with E-state index in [1.807, 2.05) is 0 Å². The first-order valence-corrected chi connectivity index (χ1v) is 4.86. The monoisotopic (exact) mass is 199 g/mol. The van der Waals surface area contributed by atoms with Gasteiger partial charge in [0.25, 0.3) is 0 Å². The first-order chi connectivity index (χ1) is 6.66. The van der Waals surface area contributed by atoms with Crippen LogP contribution < -0.4 is 0 Å². The number of hydrogen-bond donors (Lipinski definition) is 1. The zero-order valence-corrected chi connectivity index (χ0v) is 7.81. The number of ether oxygens (including phenoxy) is 1. The molecule has 5 nitrogen and oxygen atoms in total. The molecule has 14 heavy (non-hydrogen) atoms. The molecule has 1 aliphatic carbocycles. The molecule has 78 valence electrons. The lowest BCUT2D eigenvalue weighted by Gasteiger charge is -2.32. The van der Waals surface area contributed by atoms with Gasteiger partial charge in [0.05, 0.1) is 13.0 Å². The Morgan fingerprint density at radius 3 is 2.79 bits per heavy atom. The van der Waals surface area contributed by atoms with Crippen LogP contribution in [0.25, 0.3) is 0 Å². The number of carboxylic acid groups (broad SMARTS) is 1. The minimum atomic E-state index is -0.918. The summed E-state index contributed by atoms with van der Waals surface area (Å²) >= 11 is 0. The first-order valence-electron chi connectivity index (χ1n) is 4.86. The molecule has 1 saturated heterocycles. The molecule has 0 aromatic heterocycles. The lowest BCUT2D eigenvalue weighted by atomic mass is 9.92. The molecular weight excluding hydrogens is 186 g/mol. The van der Waals surface area contributed by atoms with Crippen LogP contribution in [-0.2, 0) is 9.53 Å². The van der Waals surface area contributed by atoms with E-state index in [1.54, 1.807) is 4.90 Å². The van der Waals surface area contributed by atoms with Crippen molar-refractivity contribution in [1.29, 1.82) is 0 Å². The normalized spacial score (nSPS) is 27.3. The summed E-state index contributed by atoms with van der Waals surface area (Å²) in [5, 5.41) is 8.55. The molecule has 0 spiro atoms. The average Bonchev–Trinajstić information content (AvgIpc) is 2.27. The Bertz CT molecular complexity index is 262. The van der Waals surface area contributed by atoms with E-state index in [0.717, 1.165) is 19.3 Å². The van der Waals surface area contributed by atoms with Crippen LogP contribution in [0.15, 0.2) is 0 Å². The van der Waals surface area contributed by atoms with E-state index in [4.69, 9.17) is 9.84 Å². The van der Waals surface area contributed by atoms with E-state index in [0.29, 0.717) is 12.6 Å². The molecule has 0 aromatic rings. The van der Waals surface area contributed by atoms with Gasteiger partial charge < -0.3 is 14.7 Å². The van der Waals surface area contributed by atoms with Gasteiger partial charge in [0, 0.05) is 6.04 Å². The molecule has 2 rings (SSSR count). The van der Waals surface area contributed by atoms with E-state index in [9.17, 15) is 9.59 Å². The van der Waals surface area contributed by atoms with Crippen LogP contribution in [0.4, 0.5) is 4.79 Å². The van der Waals surface area contributed by atoms with Crippen LogP contribution in [-0.4, -0.2) is 40.8 Å². The van der Waals surface area contributed by atoms with Gasteiger partial charge in [-0.3, -0.25) is 4.79 Å². The molecule has 1 N–H and O–H groups in total. The summed E-state index contributed by atoms with van der Waals surface area (Å²) in [6, 6.07) is 0.293. The van der Waals surface area contributed by atoms with Crippen molar-refractivity contribution >= 4 is 12.1 Å². The zero-order chi connectivity index (χ0) is 10.1. The van der Waals surface area contributed by atoms with Crippen molar-refractivity contribution in [3.8, 4) is 0 Å². The number of amides is 1. The summed E-state index contributed by atoms with van der Waals surface area (Å²) in [6.45, 7) is 0.440. The van der Waals surface area contributed by atoms with Crippen molar-refractivity contribution in [1.82, 2.24) is 4.90 Å². The largest absolute Gasteiger partial charge is 0.481 e. The smallest absolute Gasteiger partial charge is 0.410 e. The maximum Gasteiger partial charge on any atom is 0.410 e. The predicted molar refractivity (Wildman–Crippen MR) is 46.9 cm³/mol. The van der Waals surface area contributed by atoms with Gasteiger partial charge >= 0.3 is 12.1 Å². The lowest BCUT2D eigenvalue weighted by Crippen LogP contribution is -2.41. The number of carboxylic acids is 1. The first kappa shape index (κ1) is 9.30. The summed E-state index contributed by atoms with van der Waals surface area (Å²) in [4.78, 5) is 23.4. The van der Waals surface area contributed by atoms with E-state index < -0.39 is 12.1 Å². The van der Waals surface area contributed by atoms with Crippen LogP contribution in [0, 0.1) is 0 Å². The van der Waals surface area contributed by atoms with Crippen LogP contribution in [0.5, 0.6) is 0 Å². The molecule has 1 unspecified atom stereocenters. The third-order valence-electron chi connectivity index (χ3n) is 2.82. The van der Waals surface area contributed by atoms with Crippen molar-refractivity contribution < 1.29 is 19.4 Å². The molecule has 1 heterocycles. The molecule has 1 saturated carbocycles. The molecular formula is C9H13NO4. The third kappa shape index (κ3) is 1.66. The standard InChI is InChI=1S/C9H13NO4/c11-8(12)4-7-5-10(9(13)14-7)6-2-1-3-6/h6-7H,1-5H2,(H,11,12). The molecule has 2 fully saturated rings. The number of cyclic esters (lactones) is 1. The molecule has 1 amide bonds. The highest BCUT2D eigenvalue weighted by molar-refractivity contribution is 5.73. The highest BCUT2D eigenvalue weighted by Crippen LogP contribution is 2.29. The Hall–Kier alpha value is -1.26. The Morgan fingerprint density at radius 1 is 1.57 bits per heavy atom. The molecule has 1 atom stereocenters. The summed E-state index contributed by atoms with van der Waals surface area (Å²) in [6.07, 6.45) is 2.30. The number of carbonyl (C=O) groups excluding carboxylic acids is 1. The summed E-state index contributed by atoms with van der Waals surface area (Å²) in [7, 11) is 0. The highest BCUT2D eigenvalue weighted by atomic mass is 16.6. The van der Waals surface area contributed by atoms with Crippen molar-refractivity contribution in [2.45, 2.75) is 37.8 Å². The van der Waals surface area contributed by atoms with Crippen LogP contribution in [0.2, 0.25) is 0 Å². The van der Waals surface area contributed by atoms with Gasteiger partial charge in [-0.05, 0) is 19.3 Å². The van der Waals surface area contributed by atoms with Gasteiger partial charge in [0.1, 0.15) is 6.10 Å². The second kappa shape index (κ2) is 3.48. The number of rotatable bonds is 3. The lowest BCUT2D eigenvalue weighted by molar-refractivity contribution is -0.138. The SMILES string of the molecule is O=C(O)CC1CN(C2CCC2)C(=O)O1.